The lowest BCUT2D eigenvalue weighted by molar-refractivity contribution is 0.393. The molecule has 1 saturated heterocycles. The molecule has 28 heavy (non-hydrogen) atoms. The average molecular weight is 404 g/mol. The molecule has 1 aromatic carbocycles. The van der Waals surface area contributed by atoms with Gasteiger partial charge in [0.15, 0.2) is 0 Å². The Hall–Kier alpha value is -1.66. The molecular formula is C22H33N3O2S. The lowest BCUT2D eigenvalue weighted by Crippen LogP contribution is -2.45. The normalized spacial score (nSPS) is 23.7. The van der Waals surface area contributed by atoms with Gasteiger partial charge in [0.05, 0.1) is 10.9 Å². The summed E-state index contributed by atoms with van der Waals surface area (Å²) in [5, 5.41) is 0. The predicted molar refractivity (Wildman–Crippen MR) is 115 cm³/mol. The Kier molecular flexibility index (Phi) is 5.26. The third-order valence-electron chi connectivity index (χ3n) is 5.32. The van der Waals surface area contributed by atoms with Gasteiger partial charge in [-0.3, -0.25) is 4.99 Å². The highest BCUT2D eigenvalue weighted by Gasteiger charge is 2.43. The number of rotatable bonds is 3. The van der Waals surface area contributed by atoms with Crippen LogP contribution >= 0.6 is 0 Å². The molecule has 0 bridgehead atoms. The van der Waals surface area contributed by atoms with Crippen LogP contribution in [0.25, 0.3) is 0 Å². The molecule has 0 radical (unpaired) electrons. The van der Waals surface area contributed by atoms with E-state index in [1.165, 1.54) is 11.3 Å². The minimum atomic E-state index is -3.55. The van der Waals surface area contributed by atoms with Crippen LogP contribution in [0.5, 0.6) is 0 Å². The lowest BCUT2D eigenvalue weighted by atomic mass is 9.79. The number of benzene rings is 1. The molecule has 2 heterocycles. The molecule has 0 unspecified atom stereocenters. The summed E-state index contributed by atoms with van der Waals surface area (Å²) in [7, 11) is -3.55. The van der Waals surface area contributed by atoms with Crippen molar-refractivity contribution in [1.29, 1.82) is 0 Å². The minimum Gasteiger partial charge on any atom is -0.332 e. The van der Waals surface area contributed by atoms with E-state index in [0.29, 0.717) is 17.9 Å². The van der Waals surface area contributed by atoms with Crippen LogP contribution in [0.15, 0.2) is 51.5 Å². The number of nitrogens with one attached hydrogen (secondary N) is 1. The molecule has 1 aromatic rings. The summed E-state index contributed by atoms with van der Waals surface area (Å²) >= 11 is 0. The zero-order chi connectivity index (χ0) is 20.9. The molecule has 0 aromatic heterocycles. The van der Waals surface area contributed by atoms with Gasteiger partial charge in [-0.05, 0) is 30.0 Å². The molecule has 5 nitrogen and oxygen atoms in total. The molecule has 0 spiro atoms. The van der Waals surface area contributed by atoms with Crippen LogP contribution in [0.3, 0.4) is 0 Å². The quantitative estimate of drug-likeness (QED) is 0.823. The molecule has 2 aliphatic heterocycles. The van der Waals surface area contributed by atoms with Crippen molar-refractivity contribution >= 4 is 15.9 Å². The van der Waals surface area contributed by atoms with Gasteiger partial charge >= 0.3 is 0 Å². The largest absolute Gasteiger partial charge is 0.332 e. The highest BCUT2D eigenvalue weighted by molar-refractivity contribution is 7.89. The first kappa shape index (κ1) is 21.1. The highest BCUT2D eigenvalue weighted by Crippen LogP contribution is 2.43. The topological polar surface area (TPSA) is 61.8 Å². The Morgan fingerprint density at radius 1 is 1.04 bits per heavy atom. The Morgan fingerprint density at radius 2 is 1.64 bits per heavy atom. The zero-order valence-corrected chi connectivity index (χ0v) is 18.9. The van der Waals surface area contributed by atoms with Gasteiger partial charge in [-0.15, -0.1) is 0 Å². The van der Waals surface area contributed by atoms with Gasteiger partial charge in [-0.1, -0.05) is 59.7 Å². The first-order valence-electron chi connectivity index (χ1n) is 9.97. The number of hydrogen-bond acceptors (Lipinski definition) is 4. The second-order valence-electron chi connectivity index (χ2n) is 9.94. The third-order valence-corrected chi connectivity index (χ3v) is 6.86. The monoisotopic (exact) mass is 403 g/mol. The number of sulfonamides is 1. The molecule has 2 aliphatic rings. The standard InChI is InChI=1S/C22H33N3O2S/c1-15-19(21(2,3)4)18-13-16(14-25(18)20(23-15)22(5,6)7)24-28(26,27)17-11-9-8-10-12-17/h8-12,15-16,24H,13-14H2,1-7H3/t15-,16-/m0/s1. The molecule has 154 valence electrons. The van der Waals surface area contributed by atoms with E-state index in [4.69, 9.17) is 4.99 Å². The van der Waals surface area contributed by atoms with E-state index in [-0.39, 0.29) is 22.9 Å². The van der Waals surface area contributed by atoms with Crippen molar-refractivity contribution in [1.82, 2.24) is 9.62 Å². The average Bonchev–Trinajstić information content (AvgIpc) is 2.94. The van der Waals surface area contributed by atoms with E-state index >= 15 is 0 Å². The van der Waals surface area contributed by atoms with Crippen molar-refractivity contribution in [2.75, 3.05) is 6.54 Å². The van der Waals surface area contributed by atoms with E-state index in [0.717, 1.165) is 5.84 Å². The van der Waals surface area contributed by atoms with Gasteiger partial charge in [0.2, 0.25) is 10.0 Å². The van der Waals surface area contributed by atoms with Crippen LogP contribution < -0.4 is 4.72 Å². The molecule has 1 fully saturated rings. The summed E-state index contributed by atoms with van der Waals surface area (Å²) in [6.45, 7) is 15.9. The summed E-state index contributed by atoms with van der Waals surface area (Å²) in [4.78, 5) is 7.61. The first-order valence-corrected chi connectivity index (χ1v) is 11.5. The Morgan fingerprint density at radius 3 is 2.18 bits per heavy atom. The summed E-state index contributed by atoms with van der Waals surface area (Å²) in [5.74, 6) is 1.05. The van der Waals surface area contributed by atoms with Crippen LogP contribution in [0.2, 0.25) is 0 Å². The molecule has 1 N–H and O–H groups in total. The summed E-state index contributed by atoms with van der Waals surface area (Å²) in [6, 6.07) is 8.52. The van der Waals surface area contributed by atoms with Crippen molar-refractivity contribution in [3.8, 4) is 0 Å². The van der Waals surface area contributed by atoms with E-state index in [9.17, 15) is 8.42 Å². The zero-order valence-electron chi connectivity index (χ0n) is 18.1. The Balaban J connectivity index is 1.96. The van der Waals surface area contributed by atoms with Crippen LogP contribution in [0, 0.1) is 10.8 Å². The van der Waals surface area contributed by atoms with Crippen molar-refractivity contribution in [3.05, 3.63) is 41.6 Å². The van der Waals surface area contributed by atoms with Crippen molar-refractivity contribution in [3.63, 3.8) is 0 Å². The molecule has 0 saturated carbocycles. The lowest BCUT2D eigenvalue weighted by Gasteiger charge is -2.41. The van der Waals surface area contributed by atoms with Gasteiger partial charge < -0.3 is 4.90 Å². The van der Waals surface area contributed by atoms with Crippen molar-refractivity contribution in [2.45, 2.75) is 71.9 Å². The Labute approximate surface area is 170 Å². The molecular weight excluding hydrogens is 370 g/mol. The van der Waals surface area contributed by atoms with Crippen LogP contribution in [-0.2, 0) is 10.0 Å². The minimum absolute atomic E-state index is 0.0207. The molecule has 3 rings (SSSR count). The third kappa shape index (κ3) is 4.03. The fraction of sp³-hybridized carbons (Fsp3) is 0.591. The van der Waals surface area contributed by atoms with Crippen LogP contribution in [0.4, 0.5) is 0 Å². The predicted octanol–water partition coefficient (Wildman–Crippen LogP) is 4.19. The molecule has 2 atom stereocenters. The highest BCUT2D eigenvalue weighted by atomic mass is 32.2. The smallest absolute Gasteiger partial charge is 0.240 e. The van der Waals surface area contributed by atoms with Gasteiger partial charge in [-0.25, -0.2) is 13.1 Å². The van der Waals surface area contributed by atoms with E-state index in [2.05, 4.69) is 58.1 Å². The fourth-order valence-electron chi connectivity index (χ4n) is 4.39. The van der Waals surface area contributed by atoms with Crippen LogP contribution in [0.1, 0.15) is 54.9 Å². The van der Waals surface area contributed by atoms with Crippen molar-refractivity contribution < 1.29 is 8.42 Å². The number of amidine groups is 1. The molecule has 0 aliphatic carbocycles. The maximum atomic E-state index is 12.8. The number of aliphatic imine (C=N–C) groups is 1. The first-order chi connectivity index (χ1) is 12.8. The summed E-state index contributed by atoms with van der Waals surface area (Å²) < 4.78 is 28.6. The van der Waals surface area contributed by atoms with Gasteiger partial charge in [0.25, 0.3) is 0 Å². The maximum absolute atomic E-state index is 12.8. The van der Waals surface area contributed by atoms with E-state index in [1.807, 2.05) is 6.07 Å². The number of hydrogen-bond donors (Lipinski definition) is 1. The second-order valence-corrected chi connectivity index (χ2v) is 11.6. The number of fused-ring (bicyclic) bond motifs is 1. The maximum Gasteiger partial charge on any atom is 0.240 e. The van der Waals surface area contributed by atoms with Gasteiger partial charge in [0.1, 0.15) is 5.84 Å². The Bertz CT molecular complexity index is 903. The molecule has 0 amide bonds. The molecule has 6 heteroatoms. The van der Waals surface area contributed by atoms with E-state index in [1.54, 1.807) is 24.3 Å². The van der Waals surface area contributed by atoms with Gasteiger partial charge in [0, 0.05) is 30.1 Å². The summed E-state index contributed by atoms with van der Waals surface area (Å²) in [6.07, 6.45) is 0.693. The number of nitrogens with zero attached hydrogens (tertiary/aromatic N) is 2. The van der Waals surface area contributed by atoms with Crippen molar-refractivity contribution in [2.24, 2.45) is 15.8 Å². The summed E-state index contributed by atoms with van der Waals surface area (Å²) in [5.41, 5.74) is 2.42. The second kappa shape index (κ2) is 6.99. The SMILES string of the molecule is C[C@@H]1N=C(C(C)(C)C)N2C[C@@H](NS(=O)(=O)c3ccccc3)CC2=C1C(C)(C)C. The van der Waals surface area contributed by atoms with Gasteiger partial charge in [-0.2, -0.15) is 0 Å². The van der Waals surface area contributed by atoms with Crippen LogP contribution in [-0.4, -0.2) is 37.8 Å². The fourth-order valence-corrected chi connectivity index (χ4v) is 5.64. The van der Waals surface area contributed by atoms with E-state index < -0.39 is 10.0 Å².